The summed E-state index contributed by atoms with van der Waals surface area (Å²) in [5.41, 5.74) is 1.37. The molecule has 0 radical (unpaired) electrons. The molecule has 2 aromatic carbocycles. The predicted molar refractivity (Wildman–Crippen MR) is 179 cm³/mol. The van der Waals surface area contributed by atoms with Crippen LogP contribution in [0.3, 0.4) is 0 Å². The van der Waals surface area contributed by atoms with Gasteiger partial charge in [-0.2, -0.15) is 0 Å². The molecule has 49 heavy (non-hydrogen) atoms. The van der Waals surface area contributed by atoms with E-state index >= 15 is 0 Å². The number of aromatic nitrogens is 4. The van der Waals surface area contributed by atoms with Crippen molar-refractivity contribution in [3.8, 4) is 34.5 Å². The molecule has 0 fully saturated rings. The number of nitrogens with zero attached hydrogens (tertiary/aromatic N) is 5. The monoisotopic (exact) mass is 690 g/mol. The van der Waals surface area contributed by atoms with Gasteiger partial charge in [0.2, 0.25) is 0 Å². The van der Waals surface area contributed by atoms with Crippen LogP contribution in [-0.4, -0.2) is 58.2 Å². The number of halogens is 1. The second kappa shape index (κ2) is 16.3. The van der Waals surface area contributed by atoms with E-state index < -0.39 is 9.85 Å². The third kappa shape index (κ3) is 8.83. The number of hydrogen-bond donors (Lipinski definition) is 1. The normalized spacial score (nSPS) is 10.1. The minimum Gasteiger partial charge on any atom is -0.493 e. The fraction of sp³-hybridized carbons (Fsp3) is 0.125. The number of nitrogens with one attached hydrogen (secondary N) is 1. The Bertz CT molecular complexity index is 2150. The molecular formula is C32H27ClN6O10. The summed E-state index contributed by atoms with van der Waals surface area (Å²) >= 11 is 5.43. The Balaban J connectivity index is 0.000000184. The lowest BCUT2D eigenvalue weighted by Crippen LogP contribution is -2.01. The quantitative estimate of drug-likeness (QED) is 0.133. The van der Waals surface area contributed by atoms with E-state index in [9.17, 15) is 25.0 Å². The van der Waals surface area contributed by atoms with Crippen molar-refractivity contribution in [2.75, 3.05) is 28.4 Å². The molecule has 17 heteroatoms. The molecule has 0 saturated heterocycles. The van der Waals surface area contributed by atoms with E-state index in [4.69, 9.17) is 35.3 Å². The minimum atomic E-state index is -0.573. The van der Waals surface area contributed by atoms with Crippen LogP contribution in [0.2, 0.25) is 5.02 Å². The van der Waals surface area contributed by atoms with Crippen LogP contribution >= 0.6 is 11.6 Å². The van der Waals surface area contributed by atoms with Gasteiger partial charge in [0, 0.05) is 53.5 Å². The molecule has 0 bridgehead atoms. The Morgan fingerprint density at radius 1 is 0.673 bits per heavy atom. The summed E-state index contributed by atoms with van der Waals surface area (Å²) < 4.78 is 26.6. The first kappa shape index (κ1) is 35.3. The van der Waals surface area contributed by atoms with Gasteiger partial charge >= 0.3 is 11.6 Å². The van der Waals surface area contributed by atoms with Gasteiger partial charge in [-0.05, 0) is 50.1 Å². The highest BCUT2D eigenvalue weighted by Gasteiger charge is 2.13. The lowest BCUT2D eigenvalue weighted by atomic mass is 10.2. The zero-order chi connectivity index (χ0) is 35.5. The highest BCUT2D eigenvalue weighted by molar-refractivity contribution is 6.30. The number of aromatic amines is 1. The lowest BCUT2D eigenvalue weighted by molar-refractivity contribution is -0.389. The van der Waals surface area contributed by atoms with Crippen LogP contribution in [-0.2, 0) is 0 Å². The number of pyridine rings is 4. The number of rotatable bonds is 8. The van der Waals surface area contributed by atoms with E-state index in [1.54, 1.807) is 71.2 Å². The van der Waals surface area contributed by atoms with Crippen LogP contribution in [0.1, 0.15) is 0 Å². The van der Waals surface area contributed by atoms with Crippen LogP contribution < -0.4 is 29.1 Å². The van der Waals surface area contributed by atoms with Gasteiger partial charge in [-0.1, -0.05) is 11.6 Å². The molecule has 0 unspecified atom stereocenters. The maximum absolute atomic E-state index is 11.5. The molecule has 0 aliphatic heterocycles. The molecule has 0 spiro atoms. The van der Waals surface area contributed by atoms with E-state index in [0.717, 1.165) is 5.52 Å². The van der Waals surface area contributed by atoms with Crippen molar-refractivity contribution in [3.63, 3.8) is 0 Å². The molecular weight excluding hydrogens is 664 g/mol. The first-order chi connectivity index (χ1) is 23.6. The number of ether oxygens (including phenoxy) is 5. The molecule has 4 heterocycles. The standard InChI is InChI=1S/C16H13N3O5.C11H11NO3.C5H3ClN2O2/c1-22-14-7-11-12(8-15(14)23-2)17-6-5-13(11)24-10-3-4-16(18-9-10)19(20)21;1-14-10-5-7-8(6-11(10)15-2)12-4-3-9(7)13;6-4-1-2-5(7-3-4)8(9)10/h3-9H,1-2H3;3-6H,1-2H3,(H,12,13);1-3H. The van der Waals surface area contributed by atoms with Gasteiger partial charge in [0.15, 0.2) is 46.6 Å². The maximum Gasteiger partial charge on any atom is 0.363 e. The predicted octanol–water partition coefficient (Wildman–Crippen LogP) is 6.54. The second-order valence-electron chi connectivity index (χ2n) is 9.43. The summed E-state index contributed by atoms with van der Waals surface area (Å²) in [5, 5.41) is 22.4. The van der Waals surface area contributed by atoms with Gasteiger partial charge < -0.3 is 48.9 Å². The van der Waals surface area contributed by atoms with Gasteiger partial charge in [-0.25, -0.2) is 0 Å². The first-order valence-electron chi connectivity index (χ1n) is 13.9. The summed E-state index contributed by atoms with van der Waals surface area (Å²) in [5.74, 6) is 2.74. The van der Waals surface area contributed by atoms with Crippen LogP contribution in [0.5, 0.6) is 34.5 Å². The summed E-state index contributed by atoms with van der Waals surface area (Å²) in [4.78, 5) is 45.5. The third-order valence-corrected chi connectivity index (χ3v) is 6.73. The molecule has 0 aliphatic rings. The Morgan fingerprint density at radius 3 is 1.80 bits per heavy atom. The van der Waals surface area contributed by atoms with Crippen molar-refractivity contribution in [3.05, 3.63) is 121 Å². The van der Waals surface area contributed by atoms with Crippen molar-refractivity contribution in [2.45, 2.75) is 0 Å². The number of methoxy groups -OCH3 is 4. The van der Waals surface area contributed by atoms with Crippen molar-refractivity contribution in [2.24, 2.45) is 0 Å². The number of benzene rings is 2. The Kier molecular flexibility index (Phi) is 11.8. The van der Waals surface area contributed by atoms with Gasteiger partial charge in [0.05, 0.1) is 44.5 Å². The Hall–Kier alpha value is -6.55. The topological polar surface area (TPSA) is 204 Å². The van der Waals surface area contributed by atoms with Gasteiger partial charge in [-0.15, -0.1) is 0 Å². The second-order valence-corrected chi connectivity index (χ2v) is 9.87. The maximum atomic E-state index is 11.5. The molecule has 0 saturated carbocycles. The first-order valence-corrected chi connectivity index (χ1v) is 14.2. The highest BCUT2D eigenvalue weighted by atomic mass is 35.5. The molecule has 4 aromatic heterocycles. The van der Waals surface area contributed by atoms with Crippen LogP contribution in [0, 0.1) is 20.2 Å². The van der Waals surface area contributed by atoms with Crippen LogP contribution in [0.25, 0.3) is 21.8 Å². The highest BCUT2D eigenvalue weighted by Crippen LogP contribution is 2.37. The van der Waals surface area contributed by atoms with Crippen LogP contribution in [0.15, 0.2) is 90.2 Å². The lowest BCUT2D eigenvalue weighted by Gasteiger charge is -2.11. The molecule has 16 nitrogen and oxygen atoms in total. The number of fused-ring (bicyclic) bond motifs is 2. The van der Waals surface area contributed by atoms with Crippen molar-refractivity contribution < 1.29 is 33.5 Å². The Morgan fingerprint density at radius 2 is 1.24 bits per heavy atom. The molecule has 0 atom stereocenters. The fourth-order valence-corrected chi connectivity index (χ4v) is 4.29. The van der Waals surface area contributed by atoms with Gasteiger partial charge in [0.1, 0.15) is 5.75 Å². The van der Waals surface area contributed by atoms with E-state index in [-0.39, 0.29) is 17.1 Å². The molecule has 6 rings (SSSR count). The average molecular weight is 691 g/mol. The van der Waals surface area contributed by atoms with Crippen molar-refractivity contribution in [1.29, 1.82) is 0 Å². The van der Waals surface area contributed by atoms with Crippen molar-refractivity contribution in [1.82, 2.24) is 19.9 Å². The van der Waals surface area contributed by atoms with E-state index in [1.165, 1.54) is 42.7 Å². The number of hydrogen-bond acceptors (Lipinski definition) is 13. The summed E-state index contributed by atoms with van der Waals surface area (Å²) in [7, 11) is 6.19. The SMILES string of the molecule is COc1cc2[nH]ccc(=O)c2cc1OC.COc1cc2nccc(Oc3ccc([N+](=O)[O-])nc3)c2cc1OC.O=[N+]([O-])c1ccc(Cl)cn1. The summed E-state index contributed by atoms with van der Waals surface area (Å²) in [6.07, 6.45) is 5.74. The average Bonchev–Trinajstić information content (AvgIpc) is 3.11. The van der Waals surface area contributed by atoms with E-state index in [2.05, 4.69) is 19.9 Å². The third-order valence-electron chi connectivity index (χ3n) is 6.50. The number of H-pyrrole nitrogens is 1. The van der Waals surface area contributed by atoms with Gasteiger partial charge in [-0.3, -0.25) is 9.78 Å². The smallest absolute Gasteiger partial charge is 0.363 e. The molecule has 0 aliphatic carbocycles. The molecule has 252 valence electrons. The minimum absolute atomic E-state index is 0.0373. The zero-order valence-corrected chi connectivity index (χ0v) is 27.0. The largest absolute Gasteiger partial charge is 0.493 e. The van der Waals surface area contributed by atoms with Crippen LogP contribution in [0.4, 0.5) is 11.6 Å². The van der Waals surface area contributed by atoms with E-state index in [0.29, 0.717) is 55.8 Å². The number of nitro groups is 2. The summed E-state index contributed by atoms with van der Waals surface area (Å²) in [6, 6.07) is 15.5. The Labute approximate surface area is 282 Å². The molecule has 1 N–H and O–H groups in total. The molecule has 6 aromatic rings. The summed E-state index contributed by atoms with van der Waals surface area (Å²) in [6.45, 7) is 0. The zero-order valence-electron chi connectivity index (χ0n) is 26.3. The fourth-order valence-electron chi connectivity index (χ4n) is 4.18. The molecule has 0 amide bonds. The van der Waals surface area contributed by atoms with Gasteiger partial charge in [0.25, 0.3) is 0 Å². The van der Waals surface area contributed by atoms with E-state index in [1.807, 2.05) is 0 Å². The van der Waals surface area contributed by atoms with Crippen molar-refractivity contribution >= 4 is 45.0 Å².